The second kappa shape index (κ2) is 2.14. The zero-order chi connectivity index (χ0) is 6.81. The van der Waals surface area contributed by atoms with Crippen molar-refractivity contribution in [1.82, 2.24) is 0 Å². The maximum Gasteiger partial charge on any atom is 0.176 e. The molecule has 0 atom stereocenters. The SMILES string of the molecule is C1=NCc2ccccc2O1. The molecule has 0 radical (unpaired) electrons. The van der Waals surface area contributed by atoms with Crippen LogP contribution >= 0.6 is 0 Å². The number of ether oxygens (including phenoxy) is 1. The molecule has 0 unspecified atom stereocenters. The fourth-order valence-corrected chi connectivity index (χ4v) is 0.979. The Bertz CT molecular complexity index is 241. The molecule has 0 aliphatic carbocycles. The van der Waals surface area contributed by atoms with Gasteiger partial charge in [0.15, 0.2) is 6.40 Å². The standard InChI is InChI=1S/C8H7NO/c1-2-4-8-7(3-1)5-9-6-10-8/h1-4,6H,5H2. The van der Waals surface area contributed by atoms with Gasteiger partial charge in [-0.15, -0.1) is 0 Å². The topological polar surface area (TPSA) is 21.6 Å². The van der Waals surface area contributed by atoms with Gasteiger partial charge in [-0.2, -0.15) is 0 Å². The summed E-state index contributed by atoms with van der Waals surface area (Å²) in [5.74, 6) is 0.928. The number of para-hydroxylation sites is 1. The van der Waals surface area contributed by atoms with Crippen LogP contribution in [0.1, 0.15) is 5.56 Å². The minimum absolute atomic E-state index is 0.746. The largest absolute Gasteiger partial charge is 0.446 e. The van der Waals surface area contributed by atoms with Crippen LogP contribution in [0.5, 0.6) is 5.75 Å². The van der Waals surface area contributed by atoms with Crippen LogP contribution in [0.15, 0.2) is 29.3 Å². The van der Waals surface area contributed by atoms with Crippen molar-refractivity contribution in [2.45, 2.75) is 6.54 Å². The number of hydrogen-bond acceptors (Lipinski definition) is 2. The molecular formula is C8H7NO. The van der Waals surface area contributed by atoms with Crippen LogP contribution in [0.4, 0.5) is 0 Å². The fraction of sp³-hybridized carbons (Fsp3) is 0.125. The van der Waals surface area contributed by atoms with Crippen molar-refractivity contribution in [2.75, 3.05) is 0 Å². The van der Waals surface area contributed by atoms with Gasteiger partial charge in [0.05, 0.1) is 6.54 Å². The molecule has 1 heterocycles. The average molecular weight is 133 g/mol. The summed E-state index contributed by atoms with van der Waals surface area (Å²) in [6, 6.07) is 7.91. The summed E-state index contributed by atoms with van der Waals surface area (Å²) in [7, 11) is 0. The first-order chi connectivity index (χ1) is 4.97. The van der Waals surface area contributed by atoms with Gasteiger partial charge >= 0.3 is 0 Å². The molecule has 0 spiro atoms. The van der Waals surface area contributed by atoms with E-state index in [1.165, 1.54) is 6.40 Å². The van der Waals surface area contributed by atoms with Crippen LogP contribution in [0.25, 0.3) is 0 Å². The van der Waals surface area contributed by atoms with Gasteiger partial charge < -0.3 is 4.74 Å². The van der Waals surface area contributed by atoms with Crippen molar-refractivity contribution in [3.05, 3.63) is 29.8 Å². The van der Waals surface area contributed by atoms with Crippen molar-refractivity contribution in [3.63, 3.8) is 0 Å². The van der Waals surface area contributed by atoms with Gasteiger partial charge in [0.1, 0.15) is 5.75 Å². The van der Waals surface area contributed by atoms with Gasteiger partial charge in [0.2, 0.25) is 0 Å². The first kappa shape index (κ1) is 5.47. The Labute approximate surface area is 59.2 Å². The molecule has 2 heteroatoms. The van der Waals surface area contributed by atoms with Gasteiger partial charge in [-0.05, 0) is 6.07 Å². The molecule has 50 valence electrons. The predicted octanol–water partition coefficient (Wildman–Crippen LogP) is 1.61. The number of nitrogens with zero attached hydrogens (tertiary/aromatic N) is 1. The smallest absolute Gasteiger partial charge is 0.176 e. The van der Waals surface area contributed by atoms with E-state index in [0.717, 1.165) is 17.9 Å². The van der Waals surface area contributed by atoms with Crippen molar-refractivity contribution >= 4 is 6.40 Å². The molecule has 1 aromatic rings. The van der Waals surface area contributed by atoms with E-state index in [2.05, 4.69) is 4.99 Å². The number of aliphatic imine (C=N–C) groups is 1. The van der Waals surface area contributed by atoms with E-state index in [4.69, 9.17) is 4.74 Å². The summed E-state index contributed by atoms with van der Waals surface area (Å²) in [4.78, 5) is 3.97. The number of benzene rings is 1. The van der Waals surface area contributed by atoms with Gasteiger partial charge in [0, 0.05) is 5.56 Å². The zero-order valence-corrected chi connectivity index (χ0v) is 5.45. The molecule has 0 fully saturated rings. The van der Waals surface area contributed by atoms with Crippen molar-refractivity contribution in [2.24, 2.45) is 4.99 Å². The highest BCUT2D eigenvalue weighted by atomic mass is 16.5. The Morgan fingerprint density at radius 2 is 2.20 bits per heavy atom. The molecule has 1 aromatic carbocycles. The van der Waals surface area contributed by atoms with E-state index < -0.39 is 0 Å². The second-order valence-corrected chi connectivity index (χ2v) is 2.17. The highest BCUT2D eigenvalue weighted by Crippen LogP contribution is 2.20. The first-order valence-corrected chi connectivity index (χ1v) is 3.20. The van der Waals surface area contributed by atoms with Crippen molar-refractivity contribution < 1.29 is 4.74 Å². The van der Waals surface area contributed by atoms with Crippen LogP contribution < -0.4 is 4.74 Å². The molecule has 1 aliphatic heterocycles. The van der Waals surface area contributed by atoms with Gasteiger partial charge in [-0.25, -0.2) is 0 Å². The highest BCUT2D eigenvalue weighted by Gasteiger charge is 2.03. The van der Waals surface area contributed by atoms with E-state index in [1.54, 1.807) is 0 Å². The van der Waals surface area contributed by atoms with Crippen LogP contribution in [0.3, 0.4) is 0 Å². The predicted molar refractivity (Wildman–Crippen MR) is 39.3 cm³/mol. The summed E-state index contributed by atoms with van der Waals surface area (Å²) >= 11 is 0. The summed E-state index contributed by atoms with van der Waals surface area (Å²) < 4.78 is 5.13. The molecule has 0 saturated carbocycles. The van der Waals surface area contributed by atoms with Gasteiger partial charge in [-0.1, -0.05) is 18.2 Å². The summed E-state index contributed by atoms with van der Waals surface area (Å²) in [5.41, 5.74) is 1.16. The molecule has 0 N–H and O–H groups in total. The summed E-state index contributed by atoms with van der Waals surface area (Å²) in [5, 5.41) is 0. The third kappa shape index (κ3) is 0.778. The van der Waals surface area contributed by atoms with E-state index in [0.29, 0.717) is 0 Å². The second-order valence-electron chi connectivity index (χ2n) is 2.17. The van der Waals surface area contributed by atoms with Crippen molar-refractivity contribution in [3.8, 4) is 5.75 Å². The van der Waals surface area contributed by atoms with Crippen LogP contribution in [0.2, 0.25) is 0 Å². The third-order valence-corrected chi connectivity index (χ3v) is 1.49. The van der Waals surface area contributed by atoms with Gasteiger partial charge in [-0.3, -0.25) is 4.99 Å². The molecule has 0 amide bonds. The van der Waals surface area contributed by atoms with Crippen LogP contribution in [-0.2, 0) is 6.54 Å². The Kier molecular flexibility index (Phi) is 1.17. The lowest BCUT2D eigenvalue weighted by molar-refractivity contribution is 0.546. The van der Waals surface area contributed by atoms with E-state index in [1.807, 2.05) is 24.3 Å². The first-order valence-electron chi connectivity index (χ1n) is 3.20. The molecule has 2 nitrogen and oxygen atoms in total. The van der Waals surface area contributed by atoms with E-state index in [9.17, 15) is 0 Å². The van der Waals surface area contributed by atoms with Gasteiger partial charge in [0.25, 0.3) is 0 Å². The monoisotopic (exact) mass is 133 g/mol. The Hall–Kier alpha value is -1.31. The maximum absolute atomic E-state index is 5.13. The fourth-order valence-electron chi connectivity index (χ4n) is 0.979. The van der Waals surface area contributed by atoms with Crippen molar-refractivity contribution in [1.29, 1.82) is 0 Å². The summed E-state index contributed by atoms with van der Waals surface area (Å²) in [6.45, 7) is 0.746. The third-order valence-electron chi connectivity index (χ3n) is 1.49. The van der Waals surface area contributed by atoms with Crippen LogP contribution in [-0.4, -0.2) is 6.40 Å². The van der Waals surface area contributed by atoms with E-state index >= 15 is 0 Å². The lowest BCUT2D eigenvalue weighted by atomic mass is 10.2. The number of rotatable bonds is 0. The highest BCUT2D eigenvalue weighted by molar-refractivity contribution is 5.56. The molecule has 2 rings (SSSR count). The summed E-state index contributed by atoms with van der Waals surface area (Å²) in [6.07, 6.45) is 1.49. The Balaban J connectivity index is 2.47. The molecule has 0 aromatic heterocycles. The van der Waals surface area contributed by atoms with Crippen LogP contribution in [0, 0.1) is 0 Å². The minimum Gasteiger partial charge on any atom is -0.446 e. The number of fused-ring (bicyclic) bond motifs is 1. The lowest BCUT2D eigenvalue weighted by Gasteiger charge is -2.08. The minimum atomic E-state index is 0.746. The molecule has 0 bridgehead atoms. The maximum atomic E-state index is 5.13. The molecule has 0 saturated heterocycles. The Morgan fingerprint density at radius 3 is 3.10 bits per heavy atom. The normalized spacial score (nSPS) is 14.0. The molecular weight excluding hydrogens is 126 g/mol. The lowest BCUT2D eigenvalue weighted by Crippen LogP contribution is -2.00. The quantitative estimate of drug-likeness (QED) is 0.526. The van der Waals surface area contributed by atoms with E-state index in [-0.39, 0.29) is 0 Å². The molecule has 1 aliphatic rings. The molecule has 10 heavy (non-hydrogen) atoms. The zero-order valence-electron chi connectivity index (χ0n) is 5.45. The Morgan fingerprint density at radius 1 is 1.30 bits per heavy atom. The average Bonchev–Trinajstić information content (AvgIpc) is 2.05. The number of hydrogen-bond donors (Lipinski definition) is 0.